The maximum atomic E-state index is 11.3. The van der Waals surface area contributed by atoms with E-state index >= 15 is 0 Å². The van der Waals surface area contributed by atoms with Crippen LogP contribution in [0.1, 0.15) is 12.8 Å². The molecule has 66 valence electrons. The highest BCUT2D eigenvalue weighted by atomic mass is 16.2. The van der Waals surface area contributed by atoms with Gasteiger partial charge in [0, 0.05) is 12.6 Å². The van der Waals surface area contributed by atoms with Gasteiger partial charge in [0.2, 0.25) is 0 Å². The molecular formula is C10H10N2O. The van der Waals surface area contributed by atoms with E-state index in [1.54, 1.807) is 6.21 Å². The third-order valence-electron chi connectivity index (χ3n) is 2.00. The summed E-state index contributed by atoms with van der Waals surface area (Å²) in [7, 11) is 0. The summed E-state index contributed by atoms with van der Waals surface area (Å²) in [5.74, 6) is 0.0364. The first-order valence-electron chi connectivity index (χ1n) is 4.18. The van der Waals surface area contributed by atoms with Crippen molar-refractivity contribution in [2.75, 3.05) is 0 Å². The molecule has 0 spiro atoms. The molecule has 3 nitrogen and oxygen atoms in total. The highest BCUT2D eigenvalue weighted by molar-refractivity contribution is 5.95. The van der Waals surface area contributed by atoms with E-state index in [1.807, 2.05) is 18.2 Å². The molecule has 0 atom stereocenters. The van der Waals surface area contributed by atoms with Crippen LogP contribution in [0.2, 0.25) is 0 Å². The smallest absolute Gasteiger partial charge is 0.252 e. The minimum Gasteiger partial charge on any atom is -0.272 e. The van der Waals surface area contributed by atoms with E-state index in [-0.39, 0.29) is 5.91 Å². The lowest BCUT2D eigenvalue weighted by Gasteiger charge is -2.17. The highest BCUT2D eigenvalue weighted by Gasteiger charge is 2.21. The number of hydrogen-bond donors (Lipinski definition) is 0. The fraction of sp³-hybridized carbons (Fsp3) is 0.200. The summed E-state index contributed by atoms with van der Waals surface area (Å²) in [5, 5.41) is 5.44. The molecule has 2 aliphatic rings. The lowest BCUT2D eigenvalue weighted by atomic mass is 10.1. The van der Waals surface area contributed by atoms with Gasteiger partial charge < -0.3 is 0 Å². The summed E-state index contributed by atoms with van der Waals surface area (Å²) in [6.45, 7) is 3.84. The first kappa shape index (κ1) is 7.98. The van der Waals surface area contributed by atoms with Crippen molar-refractivity contribution >= 4 is 12.1 Å². The van der Waals surface area contributed by atoms with Gasteiger partial charge in [-0.15, -0.1) is 0 Å². The minimum atomic E-state index is 0.0364. The molecule has 3 heteroatoms. The second-order valence-electron chi connectivity index (χ2n) is 3.06. The van der Waals surface area contributed by atoms with Crippen molar-refractivity contribution in [3.63, 3.8) is 0 Å². The van der Waals surface area contributed by atoms with E-state index in [4.69, 9.17) is 0 Å². The third kappa shape index (κ3) is 1.45. The molecule has 1 amide bonds. The molecule has 0 saturated heterocycles. The largest absolute Gasteiger partial charge is 0.272 e. The molecule has 0 bridgehead atoms. The van der Waals surface area contributed by atoms with E-state index in [0.717, 1.165) is 11.3 Å². The third-order valence-corrected chi connectivity index (χ3v) is 2.00. The lowest BCUT2D eigenvalue weighted by molar-refractivity contribution is -0.126. The maximum absolute atomic E-state index is 11.3. The number of nitrogens with zero attached hydrogens (tertiary/aromatic N) is 2. The maximum Gasteiger partial charge on any atom is 0.252 e. The van der Waals surface area contributed by atoms with Gasteiger partial charge in [-0.3, -0.25) is 4.79 Å². The van der Waals surface area contributed by atoms with Crippen molar-refractivity contribution in [3.05, 3.63) is 36.1 Å². The average Bonchev–Trinajstić information content (AvgIpc) is 2.51. The first-order valence-corrected chi connectivity index (χ1v) is 4.18. The Kier molecular flexibility index (Phi) is 1.85. The van der Waals surface area contributed by atoms with Crippen molar-refractivity contribution in [1.82, 2.24) is 5.01 Å². The quantitative estimate of drug-likeness (QED) is 0.594. The Hall–Kier alpha value is -1.64. The zero-order chi connectivity index (χ0) is 9.26. The Bertz CT molecular complexity index is 350. The highest BCUT2D eigenvalue weighted by Crippen LogP contribution is 2.22. The predicted octanol–water partition coefficient (Wildman–Crippen LogP) is 1.60. The van der Waals surface area contributed by atoms with Crippen LogP contribution in [0, 0.1) is 0 Å². The Labute approximate surface area is 76.7 Å². The molecule has 0 aromatic rings. The first-order chi connectivity index (χ1) is 6.27. The minimum absolute atomic E-state index is 0.0364. The number of amides is 1. The molecule has 2 rings (SSSR count). The summed E-state index contributed by atoms with van der Waals surface area (Å²) >= 11 is 0. The van der Waals surface area contributed by atoms with Gasteiger partial charge in [-0.05, 0) is 11.6 Å². The van der Waals surface area contributed by atoms with E-state index in [9.17, 15) is 4.79 Å². The summed E-state index contributed by atoms with van der Waals surface area (Å²) in [4.78, 5) is 11.3. The van der Waals surface area contributed by atoms with Gasteiger partial charge in [0.25, 0.3) is 5.91 Å². The SMILES string of the molecule is C=C1C=CC=C(N2N=CCC2=O)C1. The van der Waals surface area contributed by atoms with Crippen molar-refractivity contribution < 1.29 is 4.79 Å². The van der Waals surface area contributed by atoms with Crippen LogP contribution in [0.3, 0.4) is 0 Å². The van der Waals surface area contributed by atoms with Crippen molar-refractivity contribution in [2.24, 2.45) is 5.10 Å². The van der Waals surface area contributed by atoms with Crippen LogP contribution in [-0.2, 0) is 4.79 Å². The number of allylic oxidation sites excluding steroid dienone is 4. The van der Waals surface area contributed by atoms with Crippen molar-refractivity contribution in [2.45, 2.75) is 12.8 Å². The lowest BCUT2D eigenvalue weighted by Crippen LogP contribution is -2.20. The van der Waals surface area contributed by atoms with E-state index < -0.39 is 0 Å². The molecule has 0 fully saturated rings. The topological polar surface area (TPSA) is 32.7 Å². The monoisotopic (exact) mass is 174 g/mol. The van der Waals surface area contributed by atoms with Crippen molar-refractivity contribution in [1.29, 1.82) is 0 Å². The second-order valence-corrected chi connectivity index (χ2v) is 3.06. The fourth-order valence-corrected chi connectivity index (χ4v) is 1.38. The predicted molar refractivity (Wildman–Crippen MR) is 50.9 cm³/mol. The summed E-state index contributed by atoms with van der Waals surface area (Å²) in [6, 6.07) is 0. The Balaban J connectivity index is 2.21. The number of carbonyl (C=O) groups excluding carboxylic acids is 1. The molecule has 1 aliphatic heterocycles. The zero-order valence-corrected chi connectivity index (χ0v) is 7.23. The van der Waals surface area contributed by atoms with Crippen LogP contribution in [0.4, 0.5) is 0 Å². The number of carbonyl (C=O) groups is 1. The van der Waals surface area contributed by atoms with Gasteiger partial charge in [0.1, 0.15) is 0 Å². The average molecular weight is 174 g/mol. The van der Waals surface area contributed by atoms with E-state index in [0.29, 0.717) is 12.8 Å². The van der Waals surface area contributed by atoms with Crippen LogP contribution >= 0.6 is 0 Å². The Morgan fingerprint density at radius 3 is 3.00 bits per heavy atom. The summed E-state index contributed by atoms with van der Waals surface area (Å²) in [5.41, 5.74) is 1.92. The molecule has 0 unspecified atom stereocenters. The molecule has 1 heterocycles. The van der Waals surface area contributed by atoms with E-state index in [1.165, 1.54) is 5.01 Å². The number of hydrogen-bond acceptors (Lipinski definition) is 2. The van der Waals surface area contributed by atoms with Gasteiger partial charge in [0.15, 0.2) is 0 Å². The van der Waals surface area contributed by atoms with Crippen LogP contribution < -0.4 is 0 Å². The summed E-state index contributed by atoms with van der Waals surface area (Å²) in [6.07, 6.45) is 8.47. The molecular weight excluding hydrogens is 164 g/mol. The van der Waals surface area contributed by atoms with E-state index in [2.05, 4.69) is 11.7 Å². The van der Waals surface area contributed by atoms with Gasteiger partial charge in [-0.1, -0.05) is 18.7 Å². The van der Waals surface area contributed by atoms with Crippen LogP contribution in [-0.4, -0.2) is 17.1 Å². The van der Waals surface area contributed by atoms with Gasteiger partial charge >= 0.3 is 0 Å². The van der Waals surface area contributed by atoms with Crippen LogP contribution in [0.15, 0.2) is 41.2 Å². The summed E-state index contributed by atoms with van der Waals surface area (Å²) < 4.78 is 0. The molecule has 13 heavy (non-hydrogen) atoms. The Morgan fingerprint density at radius 1 is 1.54 bits per heavy atom. The van der Waals surface area contributed by atoms with Crippen LogP contribution in [0.5, 0.6) is 0 Å². The molecule has 1 aliphatic carbocycles. The number of rotatable bonds is 1. The molecule has 0 N–H and O–H groups in total. The second kappa shape index (κ2) is 3.01. The number of hydrazone groups is 1. The normalized spacial score (nSPS) is 21.2. The Morgan fingerprint density at radius 2 is 2.38 bits per heavy atom. The zero-order valence-electron chi connectivity index (χ0n) is 7.23. The van der Waals surface area contributed by atoms with Gasteiger partial charge in [0.05, 0.1) is 12.1 Å². The molecule has 0 radical (unpaired) electrons. The van der Waals surface area contributed by atoms with Gasteiger partial charge in [-0.2, -0.15) is 5.10 Å². The molecule has 0 saturated carbocycles. The van der Waals surface area contributed by atoms with Crippen LogP contribution in [0.25, 0.3) is 0 Å². The molecule has 0 aromatic carbocycles. The standard InChI is InChI=1S/C10H10N2O/c1-8-3-2-4-9(7-8)12-10(13)5-6-11-12/h2-4,6H,1,5,7H2. The molecule has 0 aromatic heterocycles. The fourth-order valence-electron chi connectivity index (χ4n) is 1.38. The van der Waals surface area contributed by atoms with Gasteiger partial charge in [-0.25, -0.2) is 5.01 Å². The van der Waals surface area contributed by atoms with Crippen molar-refractivity contribution in [3.8, 4) is 0 Å².